The highest BCUT2D eigenvalue weighted by atomic mass is 16.1. The number of hydrogen-bond acceptors (Lipinski definition) is 2. The standard InChI is InChI=1S/C15H30N2O/c1-3-5-7-9-13(10-8-6-4-2)17-14-11-15(18)16-12-14/h13-14,17H,3-12H2,1-2H3,(H,16,18). The van der Waals surface area contributed by atoms with Gasteiger partial charge in [0.1, 0.15) is 0 Å². The second-order valence-corrected chi connectivity index (χ2v) is 5.56. The molecule has 0 spiro atoms. The highest BCUT2D eigenvalue weighted by molar-refractivity contribution is 5.78. The highest BCUT2D eigenvalue weighted by Crippen LogP contribution is 2.13. The van der Waals surface area contributed by atoms with Gasteiger partial charge in [0.2, 0.25) is 5.91 Å². The van der Waals surface area contributed by atoms with Gasteiger partial charge in [-0.25, -0.2) is 0 Å². The van der Waals surface area contributed by atoms with Crippen molar-refractivity contribution < 1.29 is 4.79 Å². The van der Waals surface area contributed by atoms with Gasteiger partial charge in [-0.3, -0.25) is 4.79 Å². The normalized spacial score (nSPS) is 19.5. The third kappa shape index (κ3) is 6.39. The van der Waals surface area contributed by atoms with Crippen molar-refractivity contribution in [1.82, 2.24) is 10.6 Å². The molecule has 0 aromatic carbocycles. The van der Waals surface area contributed by atoms with E-state index in [0.717, 1.165) is 6.54 Å². The molecule has 1 fully saturated rings. The zero-order valence-electron chi connectivity index (χ0n) is 12.1. The number of unbranched alkanes of at least 4 members (excludes halogenated alkanes) is 4. The van der Waals surface area contributed by atoms with E-state index in [-0.39, 0.29) is 5.91 Å². The molecule has 0 aromatic rings. The van der Waals surface area contributed by atoms with Gasteiger partial charge in [0.05, 0.1) is 0 Å². The van der Waals surface area contributed by atoms with Crippen molar-refractivity contribution in [3.63, 3.8) is 0 Å². The minimum absolute atomic E-state index is 0.202. The van der Waals surface area contributed by atoms with Crippen molar-refractivity contribution in [2.24, 2.45) is 0 Å². The Bertz CT molecular complexity index is 221. The van der Waals surface area contributed by atoms with Crippen LogP contribution < -0.4 is 10.6 Å². The second kappa shape index (κ2) is 9.37. The van der Waals surface area contributed by atoms with Crippen LogP contribution in [-0.2, 0) is 4.79 Å². The van der Waals surface area contributed by atoms with Gasteiger partial charge in [0, 0.05) is 25.0 Å². The summed E-state index contributed by atoms with van der Waals surface area (Å²) in [7, 11) is 0. The van der Waals surface area contributed by atoms with Crippen molar-refractivity contribution in [2.75, 3.05) is 6.54 Å². The van der Waals surface area contributed by atoms with Crippen LogP contribution in [0.3, 0.4) is 0 Å². The molecule has 0 aromatic heterocycles. The Morgan fingerprint density at radius 3 is 2.22 bits per heavy atom. The van der Waals surface area contributed by atoms with Gasteiger partial charge in [-0.1, -0.05) is 52.4 Å². The summed E-state index contributed by atoms with van der Waals surface area (Å²) in [6.07, 6.45) is 11.0. The summed E-state index contributed by atoms with van der Waals surface area (Å²) in [5.74, 6) is 0.202. The molecule has 1 aliphatic rings. The summed E-state index contributed by atoms with van der Waals surface area (Å²) in [6, 6.07) is 0.978. The second-order valence-electron chi connectivity index (χ2n) is 5.56. The smallest absolute Gasteiger partial charge is 0.221 e. The van der Waals surface area contributed by atoms with Gasteiger partial charge >= 0.3 is 0 Å². The molecule has 0 radical (unpaired) electrons. The molecule has 1 atom stereocenters. The number of rotatable bonds is 10. The lowest BCUT2D eigenvalue weighted by Gasteiger charge is -2.22. The van der Waals surface area contributed by atoms with E-state index in [2.05, 4.69) is 24.5 Å². The Hall–Kier alpha value is -0.570. The minimum Gasteiger partial charge on any atom is -0.354 e. The molecule has 3 heteroatoms. The molecule has 1 saturated heterocycles. The van der Waals surface area contributed by atoms with Gasteiger partial charge in [-0.05, 0) is 12.8 Å². The predicted molar refractivity (Wildman–Crippen MR) is 76.6 cm³/mol. The van der Waals surface area contributed by atoms with Gasteiger partial charge < -0.3 is 10.6 Å². The molecule has 0 aliphatic carbocycles. The lowest BCUT2D eigenvalue weighted by atomic mass is 10.0. The third-order valence-corrected chi connectivity index (χ3v) is 3.76. The molecule has 1 heterocycles. The van der Waals surface area contributed by atoms with Crippen LogP contribution in [-0.4, -0.2) is 24.5 Å². The Balaban J connectivity index is 2.25. The fraction of sp³-hybridized carbons (Fsp3) is 0.933. The first kappa shape index (κ1) is 15.5. The zero-order chi connectivity index (χ0) is 13.2. The minimum atomic E-state index is 0.202. The van der Waals surface area contributed by atoms with Crippen molar-refractivity contribution >= 4 is 5.91 Å². The summed E-state index contributed by atoms with van der Waals surface area (Å²) in [5, 5.41) is 6.59. The molecule has 1 rings (SSSR count). The monoisotopic (exact) mass is 254 g/mol. The van der Waals surface area contributed by atoms with E-state index in [0.29, 0.717) is 18.5 Å². The van der Waals surface area contributed by atoms with E-state index >= 15 is 0 Å². The van der Waals surface area contributed by atoms with E-state index in [4.69, 9.17) is 0 Å². The largest absolute Gasteiger partial charge is 0.354 e. The maximum Gasteiger partial charge on any atom is 0.221 e. The van der Waals surface area contributed by atoms with Gasteiger partial charge in [-0.15, -0.1) is 0 Å². The van der Waals surface area contributed by atoms with Crippen LogP contribution in [0.4, 0.5) is 0 Å². The van der Waals surface area contributed by atoms with Crippen LogP contribution in [0.25, 0.3) is 0 Å². The molecule has 2 N–H and O–H groups in total. The molecule has 1 unspecified atom stereocenters. The first-order valence-electron chi connectivity index (χ1n) is 7.79. The highest BCUT2D eigenvalue weighted by Gasteiger charge is 2.23. The molecule has 3 nitrogen and oxygen atoms in total. The molecular weight excluding hydrogens is 224 g/mol. The number of hydrogen-bond donors (Lipinski definition) is 2. The average Bonchev–Trinajstić information content (AvgIpc) is 2.75. The summed E-state index contributed by atoms with van der Waals surface area (Å²) >= 11 is 0. The summed E-state index contributed by atoms with van der Waals surface area (Å²) < 4.78 is 0. The maximum absolute atomic E-state index is 11.2. The van der Waals surface area contributed by atoms with Crippen LogP contribution in [0.5, 0.6) is 0 Å². The van der Waals surface area contributed by atoms with Crippen LogP contribution in [0.2, 0.25) is 0 Å². The zero-order valence-corrected chi connectivity index (χ0v) is 12.1. The van der Waals surface area contributed by atoms with Crippen LogP contribution in [0.1, 0.15) is 71.6 Å². The van der Waals surface area contributed by atoms with Crippen molar-refractivity contribution in [3.8, 4) is 0 Å². The van der Waals surface area contributed by atoms with Gasteiger partial charge in [0.15, 0.2) is 0 Å². The van der Waals surface area contributed by atoms with Crippen LogP contribution in [0, 0.1) is 0 Å². The molecular formula is C15H30N2O. The SMILES string of the molecule is CCCCCC(CCCCC)NC1CNC(=O)C1. The Morgan fingerprint density at radius 1 is 1.17 bits per heavy atom. The molecule has 18 heavy (non-hydrogen) atoms. The van der Waals surface area contributed by atoms with Gasteiger partial charge in [0.25, 0.3) is 0 Å². The molecule has 1 amide bonds. The quantitative estimate of drug-likeness (QED) is 0.588. The van der Waals surface area contributed by atoms with Crippen LogP contribution in [0.15, 0.2) is 0 Å². The fourth-order valence-corrected chi connectivity index (χ4v) is 2.65. The number of carbonyl (C=O) groups excluding carboxylic acids is 1. The van der Waals surface area contributed by atoms with Crippen molar-refractivity contribution in [2.45, 2.75) is 83.7 Å². The Kier molecular flexibility index (Phi) is 8.06. The van der Waals surface area contributed by atoms with Crippen LogP contribution >= 0.6 is 0 Å². The average molecular weight is 254 g/mol. The number of carbonyl (C=O) groups is 1. The Morgan fingerprint density at radius 2 is 1.78 bits per heavy atom. The first-order valence-corrected chi connectivity index (χ1v) is 7.79. The first-order chi connectivity index (χ1) is 8.76. The summed E-state index contributed by atoms with van der Waals surface area (Å²) in [6.45, 7) is 5.31. The van der Waals surface area contributed by atoms with Gasteiger partial charge in [-0.2, -0.15) is 0 Å². The van der Waals surface area contributed by atoms with Crippen molar-refractivity contribution in [1.29, 1.82) is 0 Å². The van der Waals surface area contributed by atoms with E-state index in [1.165, 1.54) is 51.4 Å². The molecule has 1 aliphatic heterocycles. The molecule has 106 valence electrons. The molecule has 0 bridgehead atoms. The maximum atomic E-state index is 11.2. The Labute approximate surface area is 112 Å². The summed E-state index contributed by atoms with van der Waals surface area (Å²) in [5.41, 5.74) is 0. The lowest BCUT2D eigenvalue weighted by Crippen LogP contribution is -2.39. The topological polar surface area (TPSA) is 41.1 Å². The number of nitrogens with one attached hydrogen (secondary N) is 2. The lowest BCUT2D eigenvalue weighted by molar-refractivity contribution is -0.119. The summed E-state index contributed by atoms with van der Waals surface area (Å²) in [4.78, 5) is 11.2. The van der Waals surface area contributed by atoms with E-state index in [1.807, 2.05) is 0 Å². The van der Waals surface area contributed by atoms with Crippen molar-refractivity contribution in [3.05, 3.63) is 0 Å². The van der Waals surface area contributed by atoms with E-state index < -0.39 is 0 Å². The predicted octanol–water partition coefficient (Wildman–Crippen LogP) is 2.99. The number of amides is 1. The third-order valence-electron chi connectivity index (χ3n) is 3.76. The fourth-order valence-electron chi connectivity index (χ4n) is 2.65. The molecule has 0 saturated carbocycles. The van der Waals surface area contributed by atoms with E-state index in [9.17, 15) is 4.79 Å². The van der Waals surface area contributed by atoms with E-state index in [1.54, 1.807) is 0 Å².